The Morgan fingerprint density at radius 3 is 2.13 bits per heavy atom. The van der Waals surface area contributed by atoms with Crippen LogP contribution in [0.25, 0.3) is 0 Å². The van der Waals surface area contributed by atoms with Gasteiger partial charge in [-0.1, -0.05) is 140 Å². The standard InChI is InChI=1S/C41H72NO11PS/c1-4-6-7-8-9-10-11-12-13-17-20-23-28-38(37(43)27-25-29-39(44)45)55-33-36(42)41(47)51-31-35(32-52-54(48,49)50)53-40(46)30-24-21-18-15-14-16-19-22-26-34(3)5-2/h9-10,12-13,17,20,23,28,34-38,43H,4-8,11,14-16,18-19,21-22,24-27,29-33,42H2,1-3H3,(H,44,45)(H2,48,49,50)/b10-9-,13-12-,20-17+,28-23+/t34?,35-,36+,37+,38-/m1/s1. The SMILES string of the molecule is CCCCC/C=C\C\C=C/C=C/C=C/[C@@H](SC[C@H](N)C(=O)OC[C@H](COP(=O)(O)O)OC(=O)CCCCCCCCCCC(C)CC)[C@@H](O)CCCC(=O)O. The highest BCUT2D eigenvalue weighted by molar-refractivity contribution is 8.00. The van der Waals surface area contributed by atoms with Gasteiger partial charge in [0.25, 0.3) is 0 Å². The molecule has 12 nitrogen and oxygen atoms in total. The minimum atomic E-state index is -4.88. The number of phosphoric acid groups is 1. The van der Waals surface area contributed by atoms with Crippen LogP contribution < -0.4 is 5.73 Å². The molecule has 0 bridgehead atoms. The van der Waals surface area contributed by atoms with Crippen LogP contribution in [0.3, 0.4) is 0 Å². The van der Waals surface area contributed by atoms with Crippen LogP contribution in [0.1, 0.15) is 143 Å². The molecule has 14 heteroatoms. The van der Waals surface area contributed by atoms with Crippen molar-refractivity contribution in [2.24, 2.45) is 11.7 Å². The Balaban J connectivity index is 4.95. The number of aliphatic hydroxyl groups excluding tert-OH is 1. The summed E-state index contributed by atoms with van der Waals surface area (Å²) < 4.78 is 26.4. The molecule has 0 spiro atoms. The lowest BCUT2D eigenvalue weighted by Gasteiger charge is -2.22. The molecule has 0 saturated heterocycles. The number of aliphatic hydroxyl groups is 1. The molecule has 0 aromatic carbocycles. The zero-order chi connectivity index (χ0) is 41.2. The van der Waals surface area contributed by atoms with Gasteiger partial charge in [-0.05, 0) is 44.4 Å². The lowest BCUT2D eigenvalue weighted by molar-refractivity contribution is -0.161. The second-order valence-corrected chi connectivity index (χ2v) is 16.5. The van der Waals surface area contributed by atoms with Gasteiger partial charge in [0.2, 0.25) is 0 Å². The Hall–Kier alpha value is -2.25. The normalized spacial score (nSPS) is 15.2. The van der Waals surface area contributed by atoms with Gasteiger partial charge >= 0.3 is 25.7 Å². The molecule has 0 fully saturated rings. The summed E-state index contributed by atoms with van der Waals surface area (Å²) in [4.78, 5) is 54.6. The van der Waals surface area contributed by atoms with Crippen LogP contribution in [-0.2, 0) is 32.9 Å². The summed E-state index contributed by atoms with van der Waals surface area (Å²) in [6, 6.07) is -1.14. The largest absolute Gasteiger partial charge is 0.481 e. The van der Waals surface area contributed by atoms with E-state index in [1.165, 1.54) is 63.1 Å². The van der Waals surface area contributed by atoms with Gasteiger partial charge in [0.15, 0.2) is 6.10 Å². The third-order valence-corrected chi connectivity index (χ3v) is 10.8. The molecule has 55 heavy (non-hydrogen) atoms. The van der Waals surface area contributed by atoms with Gasteiger partial charge < -0.3 is 35.2 Å². The number of carbonyl (C=O) groups excluding carboxylic acids is 2. The van der Waals surface area contributed by atoms with E-state index in [1.54, 1.807) is 12.2 Å². The van der Waals surface area contributed by atoms with Crippen LogP contribution in [0.15, 0.2) is 48.6 Å². The number of unbranched alkanes of at least 4 members (excludes halogenated alkanes) is 10. The van der Waals surface area contributed by atoms with E-state index in [-0.39, 0.29) is 31.4 Å². The number of carboxylic acid groups (broad SMARTS) is 1. The summed E-state index contributed by atoms with van der Waals surface area (Å²) in [5.41, 5.74) is 6.09. The molecule has 6 N–H and O–H groups in total. The van der Waals surface area contributed by atoms with Crippen molar-refractivity contribution < 1.29 is 52.9 Å². The second-order valence-electron chi connectivity index (χ2n) is 14.1. The Labute approximate surface area is 335 Å². The Kier molecular flexibility index (Phi) is 33.5. The van der Waals surface area contributed by atoms with Crippen molar-refractivity contribution >= 4 is 37.5 Å². The van der Waals surface area contributed by atoms with Crippen LogP contribution in [0.5, 0.6) is 0 Å². The van der Waals surface area contributed by atoms with E-state index < -0.39 is 62.4 Å². The smallest absolute Gasteiger partial charge is 0.469 e. The molecule has 0 aliphatic rings. The van der Waals surface area contributed by atoms with Crippen LogP contribution >= 0.6 is 19.6 Å². The molecule has 0 aliphatic heterocycles. The molecule has 0 rings (SSSR count). The number of ether oxygens (including phenoxy) is 2. The highest BCUT2D eigenvalue weighted by Crippen LogP contribution is 2.36. The molecule has 0 aromatic heterocycles. The van der Waals surface area contributed by atoms with E-state index in [0.29, 0.717) is 6.42 Å². The van der Waals surface area contributed by atoms with E-state index in [9.17, 15) is 24.1 Å². The quantitative estimate of drug-likeness (QED) is 0.0132. The van der Waals surface area contributed by atoms with Crippen molar-refractivity contribution in [1.29, 1.82) is 0 Å². The van der Waals surface area contributed by atoms with Gasteiger partial charge in [0.1, 0.15) is 12.6 Å². The van der Waals surface area contributed by atoms with Crippen molar-refractivity contribution in [1.82, 2.24) is 0 Å². The molecule has 0 saturated carbocycles. The van der Waals surface area contributed by atoms with Crippen molar-refractivity contribution in [3.63, 3.8) is 0 Å². The first-order chi connectivity index (χ1) is 26.3. The van der Waals surface area contributed by atoms with E-state index >= 15 is 0 Å². The maximum atomic E-state index is 12.8. The first kappa shape index (κ1) is 52.8. The van der Waals surface area contributed by atoms with E-state index in [4.69, 9.17) is 30.1 Å². The number of hydrogen-bond donors (Lipinski definition) is 5. The number of aliphatic carboxylic acids is 1. The Morgan fingerprint density at radius 2 is 1.47 bits per heavy atom. The summed E-state index contributed by atoms with van der Waals surface area (Å²) >= 11 is 1.20. The molecule has 0 aromatic rings. The summed E-state index contributed by atoms with van der Waals surface area (Å²) in [7, 11) is -4.88. The highest BCUT2D eigenvalue weighted by Gasteiger charge is 2.26. The third-order valence-electron chi connectivity index (χ3n) is 8.89. The molecule has 318 valence electrons. The Morgan fingerprint density at radius 1 is 0.800 bits per heavy atom. The minimum Gasteiger partial charge on any atom is -0.481 e. The van der Waals surface area contributed by atoms with Crippen LogP contribution in [0.2, 0.25) is 0 Å². The van der Waals surface area contributed by atoms with Gasteiger partial charge in [-0.15, -0.1) is 11.8 Å². The monoisotopic (exact) mass is 817 g/mol. The number of nitrogens with two attached hydrogens (primary N) is 1. The molecule has 0 heterocycles. The predicted molar refractivity (Wildman–Crippen MR) is 221 cm³/mol. The number of carbonyl (C=O) groups is 3. The first-order valence-corrected chi connectivity index (χ1v) is 22.8. The molecular weight excluding hydrogens is 745 g/mol. The predicted octanol–water partition coefficient (Wildman–Crippen LogP) is 8.74. The van der Waals surface area contributed by atoms with Crippen molar-refractivity contribution in [3.8, 4) is 0 Å². The Bertz CT molecular complexity index is 1170. The maximum absolute atomic E-state index is 12.8. The average Bonchev–Trinajstić information content (AvgIpc) is 3.13. The molecule has 1 unspecified atom stereocenters. The fraction of sp³-hybridized carbons (Fsp3) is 0.732. The number of phosphoric ester groups is 1. The second kappa shape index (κ2) is 35.0. The van der Waals surface area contributed by atoms with Crippen molar-refractivity contribution in [3.05, 3.63) is 48.6 Å². The summed E-state index contributed by atoms with van der Waals surface area (Å²) in [5, 5.41) is 19.3. The maximum Gasteiger partial charge on any atom is 0.469 e. The first-order valence-electron chi connectivity index (χ1n) is 20.3. The third kappa shape index (κ3) is 34.7. The van der Waals surface area contributed by atoms with E-state index in [1.807, 2.05) is 24.3 Å². The average molecular weight is 818 g/mol. The number of rotatable bonds is 36. The molecular formula is C41H72NO11PS. The zero-order valence-corrected chi connectivity index (χ0v) is 35.4. The van der Waals surface area contributed by atoms with Crippen molar-refractivity contribution in [2.75, 3.05) is 19.0 Å². The van der Waals surface area contributed by atoms with Gasteiger partial charge in [0.05, 0.1) is 12.7 Å². The van der Waals surface area contributed by atoms with Crippen LogP contribution in [0.4, 0.5) is 0 Å². The molecule has 5 atom stereocenters. The summed E-state index contributed by atoms with van der Waals surface area (Å²) in [6.07, 6.45) is 30.3. The topological polar surface area (TPSA) is 203 Å². The lowest BCUT2D eigenvalue weighted by atomic mass is 9.99. The molecule has 0 amide bonds. The number of thioether (sulfide) groups is 1. The fourth-order valence-corrected chi connectivity index (χ4v) is 6.80. The van der Waals surface area contributed by atoms with Gasteiger partial charge in [0, 0.05) is 23.8 Å². The van der Waals surface area contributed by atoms with E-state index in [0.717, 1.165) is 44.4 Å². The molecule has 0 radical (unpaired) electrons. The van der Waals surface area contributed by atoms with E-state index in [2.05, 4.69) is 37.4 Å². The van der Waals surface area contributed by atoms with Gasteiger partial charge in [-0.25, -0.2) is 4.57 Å². The fourth-order valence-electron chi connectivity index (χ4n) is 5.32. The number of hydrogen-bond acceptors (Lipinski definition) is 10. The molecule has 0 aliphatic carbocycles. The minimum absolute atomic E-state index is 0.0412. The van der Waals surface area contributed by atoms with Crippen LogP contribution in [0, 0.1) is 5.92 Å². The number of carboxylic acids is 1. The zero-order valence-electron chi connectivity index (χ0n) is 33.6. The van der Waals surface area contributed by atoms with Crippen LogP contribution in [-0.4, -0.2) is 80.4 Å². The van der Waals surface area contributed by atoms with Gasteiger partial charge in [-0.2, -0.15) is 0 Å². The van der Waals surface area contributed by atoms with Gasteiger partial charge in [-0.3, -0.25) is 18.9 Å². The number of esters is 2. The summed E-state index contributed by atoms with van der Waals surface area (Å²) in [6.45, 7) is 5.49. The summed E-state index contributed by atoms with van der Waals surface area (Å²) in [5.74, 6) is -1.56. The number of allylic oxidation sites excluding steroid dienone is 7. The highest BCUT2D eigenvalue weighted by atomic mass is 32.2. The lowest BCUT2D eigenvalue weighted by Crippen LogP contribution is -2.38. The van der Waals surface area contributed by atoms with Crippen molar-refractivity contribution in [2.45, 2.75) is 166 Å².